The first-order valence-electron chi connectivity index (χ1n) is 8.87. The summed E-state index contributed by atoms with van der Waals surface area (Å²) in [6.45, 7) is 1.97. The average molecular weight is 420 g/mol. The number of sulfonamides is 1. The van der Waals surface area contributed by atoms with Crippen molar-refractivity contribution in [1.29, 1.82) is 0 Å². The van der Waals surface area contributed by atoms with E-state index in [2.05, 4.69) is 9.71 Å². The highest BCUT2D eigenvalue weighted by molar-refractivity contribution is 7.89. The first-order chi connectivity index (χ1) is 13.8. The normalized spacial score (nSPS) is 13.0. The van der Waals surface area contributed by atoms with Crippen molar-refractivity contribution in [2.24, 2.45) is 10.7 Å². The Labute approximate surface area is 169 Å². The van der Waals surface area contributed by atoms with Gasteiger partial charge in [0, 0.05) is 6.54 Å². The first kappa shape index (κ1) is 22.3. The van der Waals surface area contributed by atoms with Gasteiger partial charge in [-0.3, -0.25) is 15.0 Å². The van der Waals surface area contributed by atoms with E-state index in [9.17, 15) is 13.2 Å². The van der Waals surface area contributed by atoms with Crippen molar-refractivity contribution < 1.29 is 23.2 Å². The van der Waals surface area contributed by atoms with Crippen LogP contribution in [0.15, 0.2) is 64.5 Å². The van der Waals surface area contributed by atoms with Crippen LogP contribution in [-0.4, -0.2) is 38.0 Å². The lowest BCUT2D eigenvalue weighted by Gasteiger charge is -2.16. The van der Waals surface area contributed by atoms with Crippen LogP contribution in [0.2, 0.25) is 0 Å². The number of para-hydroxylation sites is 1. The number of amidine groups is 1. The van der Waals surface area contributed by atoms with E-state index in [0.717, 1.165) is 0 Å². The molecule has 0 aliphatic carbocycles. The summed E-state index contributed by atoms with van der Waals surface area (Å²) in [5.74, 6) is 0.628. The second-order valence-corrected chi connectivity index (χ2v) is 7.92. The maximum atomic E-state index is 12.6. The van der Waals surface area contributed by atoms with Crippen LogP contribution in [0.5, 0.6) is 11.5 Å². The quantitative estimate of drug-likeness (QED) is 0.152. The average Bonchev–Trinajstić information content (AvgIpc) is 2.70. The van der Waals surface area contributed by atoms with Crippen LogP contribution in [-0.2, 0) is 14.8 Å². The van der Waals surface area contributed by atoms with Crippen molar-refractivity contribution in [2.75, 3.05) is 6.54 Å². The molecular formula is C19H24N4O5S. The van der Waals surface area contributed by atoms with E-state index in [1.165, 1.54) is 29.7 Å². The summed E-state index contributed by atoms with van der Waals surface area (Å²) in [4.78, 5) is 15.8. The second kappa shape index (κ2) is 10.6. The molecule has 0 saturated carbocycles. The van der Waals surface area contributed by atoms with Crippen molar-refractivity contribution in [2.45, 2.75) is 30.7 Å². The number of benzene rings is 2. The predicted molar refractivity (Wildman–Crippen MR) is 108 cm³/mol. The summed E-state index contributed by atoms with van der Waals surface area (Å²) in [6.07, 6.45) is 0.538. The summed E-state index contributed by atoms with van der Waals surface area (Å²) < 4.78 is 33.2. The van der Waals surface area contributed by atoms with Gasteiger partial charge in [-0.15, -0.1) is 0 Å². The standard InChI is InChI=1S/C19H24N4O5S/c1-14(20)21-13-5-8-18(19(24)22-25)23-29(26,27)17-11-9-16(10-12-17)28-15-6-3-2-4-7-15/h2-4,6-7,9-12,18,23,25H,5,8,13H2,1H3,(H2,20,21)(H,22,24)/t18-/m1/s1. The number of hydroxylamine groups is 1. The van der Waals surface area contributed by atoms with Crippen molar-refractivity contribution in [3.05, 3.63) is 54.6 Å². The number of hydrogen-bond donors (Lipinski definition) is 4. The molecule has 2 aromatic carbocycles. The molecular weight excluding hydrogens is 396 g/mol. The van der Waals surface area contributed by atoms with Crippen LogP contribution in [0.3, 0.4) is 0 Å². The van der Waals surface area contributed by atoms with Crippen LogP contribution in [0.4, 0.5) is 0 Å². The molecule has 0 aliphatic rings. The number of nitrogens with one attached hydrogen (secondary N) is 2. The minimum atomic E-state index is -4.00. The summed E-state index contributed by atoms with van der Waals surface area (Å²) >= 11 is 0. The van der Waals surface area contributed by atoms with E-state index in [-0.39, 0.29) is 11.3 Å². The molecule has 0 aliphatic heterocycles. The number of ether oxygens (including phenoxy) is 1. The van der Waals surface area contributed by atoms with Gasteiger partial charge in [0.2, 0.25) is 10.0 Å². The molecule has 2 rings (SSSR count). The maximum Gasteiger partial charge on any atom is 0.261 e. The number of nitrogens with zero attached hydrogens (tertiary/aromatic N) is 1. The number of carbonyl (C=O) groups is 1. The lowest BCUT2D eigenvalue weighted by Crippen LogP contribution is -2.45. The van der Waals surface area contributed by atoms with Crippen LogP contribution in [0, 0.1) is 0 Å². The van der Waals surface area contributed by atoms with Crippen molar-refractivity contribution in [3.63, 3.8) is 0 Å². The largest absolute Gasteiger partial charge is 0.457 e. The van der Waals surface area contributed by atoms with Crippen LogP contribution >= 0.6 is 0 Å². The highest BCUT2D eigenvalue weighted by atomic mass is 32.2. The molecule has 0 aromatic heterocycles. The van der Waals surface area contributed by atoms with E-state index in [4.69, 9.17) is 15.7 Å². The summed E-state index contributed by atoms with van der Waals surface area (Å²) in [7, 11) is -4.00. The third kappa shape index (κ3) is 7.18. The smallest absolute Gasteiger partial charge is 0.261 e. The van der Waals surface area contributed by atoms with Gasteiger partial charge in [-0.25, -0.2) is 13.9 Å². The first-order valence-corrected chi connectivity index (χ1v) is 10.4. The van der Waals surface area contributed by atoms with E-state index in [1.54, 1.807) is 19.1 Å². The van der Waals surface area contributed by atoms with Gasteiger partial charge in [0.15, 0.2) is 0 Å². The number of aliphatic imine (C=N–C) groups is 1. The van der Waals surface area contributed by atoms with Crippen LogP contribution in [0.25, 0.3) is 0 Å². The lowest BCUT2D eigenvalue weighted by atomic mass is 10.1. The molecule has 10 heteroatoms. The molecule has 0 spiro atoms. The third-order valence-electron chi connectivity index (χ3n) is 3.85. The molecule has 0 saturated heterocycles. The Morgan fingerprint density at radius 3 is 2.34 bits per heavy atom. The molecule has 0 unspecified atom stereocenters. The monoisotopic (exact) mass is 420 g/mol. The molecule has 29 heavy (non-hydrogen) atoms. The lowest BCUT2D eigenvalue weighted by molar-refractivity contribution is -0.131. The molecule has 0 radical (unpaired) electrons. The van der Waals surface area contributed by atoms with Gasteiger partial charge in [0.25, 0.3) is 5.91 Å². The van der Waals surface area contributed by atoms with E-state index in [1.807, 2.05) is 18.2 Å². The molecule has 2 aromatic rings. The Morgan fingerprint density at radius 1 is 1.14 bits per heavy atom. The number of nitrogens with two attached hydrogens (primary N) is 1. The Balaban J connectivity index is 2.06. The Morgan fingerprint density at radius 2 is 1.76 bits per heavy atom. The SMILES string of the molecule is CC(N)=NCCC[C@@H](NS(=O)(=O)c1ccc(Oc2ccccc2)cc1)C(=O)NO. The van der Waals surface area contributed by atoms with Crippen molar-refractivity contribution in [1.82, 2.24) is 10.2 Å². The van der Waals surface area contributed by atoms with Gasteiger partial charge < -0.3 is 10.5 Å². The summed E-state index contributed by atoms with van der Waals surface area (Å²) in [5.41, 5.74) is 6.92. The zero-order valence-corrected chi connectivity index (χ0v) is 16.7. The number of amides is 1. The number of rotatable bonds is 10. The Bertz CT molecular complexity index is 927. The van der Waals surface area contributed by atoms with Crippen molar-refractivity contribution in [3.8, 4) is 11.5 Å². The highest BCUT2D eigenvalue weighted by Crippen LogP contribution is 2.22. The maximum absolute atomic E-state index is 12.6. The third-order valence-corrected chi connectivity index (χ3v) is 5.34. The second-order valence-electron chi connectivity index (χ2n) is 6.20. The number of carbonyl (C=O) groups excluding carboxylic acids is 1. The summed E-state index contributed by atoms with van der Waals surface area (Å²) in [6, 6.07) is 13.7. The molecule has 0 bridgehead atoms. The van der Waals surface area contributed by atoms with E-state index < -0.39 is 22.0 Å². The highest BCUT2D eigenvalue weighted by Gasteiger charge is 2.25. The Hall–Kier alpha value is -2.95. The summed E-state index contributed by atoms with van der Waals surface area (Å²) in [5, 5.41) is 8.90. The molecule has 0 heterocycles. The van der Waals surface area contributed by atoms with Crippen molar-refractivity contribution >= 4 is 21.8 Å². The van der Waals surface area contributed by atoms with Gasteiger partial charge in [-0.05, 0) is 56.2 Å². The van der Waals surface area contributed by atoms with Gasteiger partial charge in [-0.2, -0.15) is 4.72 Å². The Kier molecular flexibility index (Phi) is 8.13. The zero-order chi connectivity index (χ0) is 21.3. The minimum absolute atomic E-state index is 0.0375. The molecule has 1 atom stereocenters. The molecule has 0 fully saturated rings. The fourth-order valence-corrected chi connectivity index (χ4v) is 3.67. The van der Waals surface area contributed by atoms with Gasteiger partial charge in [0.05, 0.1) is 10.7 Å². The fraction of sp³-hybridized carbons (Fsp3) is 0.263. The van der Waals surface area contributed by atoms with Gasteiger partial charge >= 0.3 is 0 Å². The van der Waals surface area contributed by atoms with Crippen LogP contribution < -0.4 is 20.7 Å². The van der Waals surface area contributed by atoms with Gasteiger partial charge in [0.1, 0.15) is 17.5 Å². The molecule has 9 nitrogen and oxygen atoms in total. The number of hydrogen-bond acceptors (Lipinski definition) is 6. The molecule has 156 valence electrons. The fourth-order valence-electron chi connectivity index (χ4n) is 2.44. The zero-order valence-electron chi connectivity index (χ0n) is 15.9. The van der Waals surface area contributed by atoms with Gasteiger partial charge in [-0.1, -0.05) is 18.2 Å². The predicted octanol–water partition coefficient (Wildman–Crippen LogP) is 1.79. The van der Waals surface area contributed by atoms with E-state index in [0.29, 0.717) is 30.3 Å². The molecule has 5 N–H and O–H groups in total. The van der Waals surface area contributed by atoms with Crippen LogP contribution in [0.1, 0.15) is 19.8 Å². The minimum Gasteiger partial charge on any atom is -0.457 e. The van der Waals surface area contributed by atoms with E-state index >= 15 is 0 Å². The molecule has 1 amide bonds. The topological polar surface area (TPSA) is 143 Å².